The fourth-order valence-electron chi connectivity index (χ4n) is 2.41. The smallest absolute Gasteiger partial charge is 0.308 e. The van der Waals surface area contributed by atoms with Crippen LogP contribution in [0.15, 0.2) is 18.2 Å². The van der Waals surface area contributed by atoms with E-state index in [-0.39, 0.29) is 5.75 Å². The Morgan fingerprint density at radius 2 is 2.20 bits per heavy atom. The Labute approximate surface area is 119 Å². The van der Waals surface area contributed by atoms with Gasteiger partial charge in [0.15, 0.2) is 5.82 Å². The molecule has 7 heteroatoms. The van der Waals surface area contributed by atoms with E-state index in [1.165, 1.54) is 12.1 Å². The Kier molecular flexibility index (Phi) is 3.10. The van der Waals surface area contributed by atoms with Gasteiger partial charge in [0.2, 0.25) is 0 Å². The highest BCUT2D eigenvalue weighted by Gasteiger charge is 2.28. The largest absolute Gasteiger partial charge is 0.508 e. The molecular formula is C13H12ClN3O3. The van der Waals surface area contributed by atoms with E-state index in [1.807, 2.05) is 0 Å². The Morgan fingerprint density at radius 1 is 1.40 bits per heavy atom. The monoisotopic (exact) mass is 293 g/mol. The van der Waals surface area contributed by atoms with Gasteiger partial charge < -0.3 is 14.8 Å². The minimum Gasteiger partial charge on any atom is -0.508 e. The molecule has 20 heavy (non-hydrogen) atoms. The van der Waals surface area contributed by atoms with Crippen molar-refractivity contribution in [2.45, 2.75) is 19.4 Å². The molecule has 0 saturated heterocycles. The number of carboxylic acids is 1. The first-order chi connectivity index (χ1) is 9.56. The fourth-order valence-corrected chi connectivity index (χ4v) is 2.61. The molecule has 104 valence electrons. The Balaban J connectivity index is 2.07. The molecule has 1 atom stereocenters. The van der Waals surface area contributed by atoms with E-state index in [0.717, 1.165) is 5.82 Å². The van der Waals surface area contributed by atoms with Gasteiger partial charge in [-0.2, -0.15) is 0 Å². The second-order valence-electron chi connectivity index (χ2n) is 4.79. The lowest BCUT2D eigenvalue weighted by atomic mass is 9.99. The zero-order valence-electron chi connectivity index (χ0n) is 10.5. The molecule has 1 aliphatic heterocycles. The molecule has 2 aromatic rings. The number of benzene rings is 1. The first-order valence-electron chi connectivity index (χ1n) is 6.20. The van der Waals surface area contributed by atoms with E-state index in [0.29, 0.717) is 35.8 Å². The SMILES string of the molecule is O=C(O)C1CCc2nnc(-c3cc(O)ccc3Cl)n2C1. The molecule has 0 radical (unpaired) electrons. The van der Waals surface area contributed by atoms with Gasteiger partial charge in [-0.05, 0) is 24.6 Å². The van der Waals surface area contributed by atoms with Crippen LogP contribution in [0.4, 0.5) is 0 Å². The van der Waals surface area contributed by atoms with Crippen LogP contribution in [0.25, 0.3) is 11.4 Å². The molecule has 0 amide bonds. The summed E-state index contributed by atoms with van der Waals surface area (Å²) in [5.74, 6) is 0.0433. The van der Waals surface area contributed by atoms with Crippen LogP contribution in [0.1, 0.15) is 12.2 Å². The van der Waals surface area contributed by atoms with E-state index in [9.17, 15) is 9.90 Å². The van der Waals surface area contributed by atoms with Crippen LogP contribution in [0.5, 0.6) is 5.75 Å². The van der Waals surface area contributed by atoms with Gasteiger partial charge in [-0.15, -0.1) is 10.2 Å². The number of nitrogens with zero attached hydrogens (tertiary/aromatic N) is 3. The van der Waals surface area contributed by atoms with Gasteiger partial charge >= 0.3 is 5.97 Å². The molecule has 6 nitrogen and oxygen atoms in total. The summed E-state index contributed by atoms with van der Waals surface area (Å²) in [7, 11) is 0. The summed E-state index contributed by atoms with van der Waals surface area (Å²) in [6, 6.07) is 4.56. The van der Waals surface area contributed by atoms with Crippen molar-refractivity contribution in [1.82, 2.24) is 14.8 Å². The number of aromatic nitrogens is 3. The number of aromatic hydroxyl groups is 1. The lowest BCUT2D eigenvalue weighted by molar-refractivity contribution is -0.142. The number of carbonyl (C=O) groups is 1. The van der Waals surface area contributed by atoms with Gasteiger partial charge in [0.1, 0.15) is 11.6 Å². The summed E-state index contributed by atoms with van der Waals surface area (Å²) in [5, 5.41) is 27.3. The maximum Gasteiger partial charge on any atom is 0.308 e. The van der Waals surface area contributed by atoms with Gasteiger partial charge in [-0.1, -0.05) is 11.6 Å². The molecule has 1 aromatic heterocycles. The highest BCUT2D eigenvalue weighted by atomic mass is 35.5. The topological polar surface area (TPSA) is 88.2 Å². The number of carboxylic acid groups (broad SMARTS) is 1. The molecule has 1 aliphatic rings. The summed E-state index contributed by atoms with van der Waals surface area (Å²) < 4.78 is 1.77. The van der Waals surface area contributed by atoms with Crippen LogP contribution < -0.4 is 0 Å². The number of hydrogen-bond donors (Lipinski definition) is 2. The summed E-state index contributed by atoms with van der Waals surface area (Å²) in [5.41, 5.74) is 0.552. The third-order valence-electron chi connectivity index (χ3n) is 3.49. The van der Waals surface area contributed by atoms with Gasteiger partial charge in [0.05, 0.1) is 10.9 Å². The third-order valence-corrected chi connectivity index (χ3v) is 3.82. The van der Waals surface area contributed by atoms with E-state index >= 15 is 0 Å². The lowest BCUT2D eigenvalue weighted by Gasteiger charge is -2.21. The number of hydrogen-bond acceptors (Lipinski definition) is 4. The first-order valence-corrected chi connectivity index (χ1v) is 6.58. The van der Waals surface area contributed by atoms with Crippen molar-refractivity contribution < 1.29 is 15.0 Å². The molecule has 0 saturated carbocycles. The molecule has 3 rings (SSSR count). The number of rotatable bonds is 2. The molecular weight excluding hydrogens is 282 g/mol. The second-order valence-corrected chi connectivity index (χ2v) is 5.20. The predicted octanol–water partition coefficient (Wildman–Crippen LogP) is 1.95. The highest BCUT2D eigenvalue weighted by molar-refractivity contribution is 6.33. The highest BCUT2D eigenvalue weighted by Crippen LogP contribution is 2.32. The third kappa shape index (κ3) is 2.12. The van der Waals surface area contributed by atoms with E-state index in [2.05, 4.69) is 10.2 Å². The molecule has 2 N–H and O–H groups in total. The maximum atomic E-state index is 11.1. The summed E-state index contributed by atoms with van der Waals surface area (Å²) >= 11 is 6.12. The molecule has 1 unspecified atom stereocenters. The van der Waals surface area contributed by atoms with Crippen LogP contribution in [-0.4, -0.2) is 30.9 Å². The van der Waals surface area contributed by atoms with Crippen molar-refractivity contribution in [1.29, 1.82) is 0 Å². The van der Waals surface area contributed by atoms with Gasteiger partial charge in [0, 0.05) is 18.5 Å². The Bertz CT molecular complexity index is 683. The Morgan fingerprint density at radius 3 is 2.95 bits per heavy atom. The Hall–Kier alpha value is -2.08. The number of phenols is 1. The zero-order chi connectivity index (χ0) is 14.3. The maximum absolute atomic E-state index is 11.1. The summed E-state index contributed by atoms with van der Waals surface area (Å²) in [6.45, 7) is 0.318. The predicted molar refractivity (Wildman–Crippen MR) is 71.6 cm³/mol. The zero-order valence-corrected chi connectivity index (χ0v) is 11.2. The molecule has 2 heterocycles. The number of fused-ring (bicyclic) bond motifs is 1. The van der Waals surface area contributed by atoms with Gasteiger partial charge in [0.25, 0.3) is 0 Å². The van der Waals surface area contributed by atoms with Crippen LogP contribution in [0.3, 0.4) is 0 Å². The van der Waals surface area contributed by atoms with Crippen molar-refractivity contribution in [2.24, 2.45) is 5.92 Å². The number of aryl methyl sites for hydroxylation is 1. The standard InChI is InChI=1S/C13H12ClN3O3/c14-10-3-2-8(18)5-9(10)12-16-15-11-4-1-7(13(19)20)6-17(11)12/h2-3,5,7,18H,1,4,6H2,(H,19,20). The molecule has 1 aromatic carbocycles. The van der Waals surface area contributed by atoms with Gasteiger partial charge in [-0.25, -0.2) is 0 Å². The minimum atomic E-state index is -0.822. The number of phenolic OH excluding ortho intramolecular Hbond substituents is 1. The second kappa shape index (κ2) is 4.79. The molecule has 0 aliphatic carbocycles. The average Bonchev–Trinajstić information content (AvgIpc) is 2.84. The first kappa shape index (κ1) is 12.9. The molecule has 0 bridgehead atoms. The van der Waals surface area contributed by atoms with Crippen LogP contribution >= 0.6 is 11.6 Å². The minimum absolute atomic E-state index is 0.0762. The molecule has 0 spiro atoms. The van der Waals surface area contributed by atoms with Gasteiger partial charge in [-0.3, -0.25) is 4.79 Å². The normalized spacial score (nSPS) is 17.8. The van der Waals surface area contributed by atoms with Crippen molar-refractivity contribution in [3.63, 3.8) is 0 Å². The van der Waals surface area contributed by atoms with Crippen molar-refractivity contribution in [2.75, 3.05) is 0 Å². The number of halogens is 1. The van der Waals surface area contributed by atoms with Crippen LogP contribution in [-0.2, 0) is 17.8 Å². The lowest BCUT2D eigenvalue weighted by Crippen LogP contribution is -2.27. The van der Waals surface area contributed by atoms with Crippen LogP contribution in [0, 0.1) is 5.92 Å². The van der Waals surface area contributed by atoms with Crippen molar-refractivity contribution in [3.05, 3.63) is 29.0 Å². The van der Waals surface area contributed by atoms with Crippen LogP contribution in [0.2, 0.25) is 5.02 Å². The summed E-state index contributed by atoms with van der Waals surface area (Å²) in [4.78, 5) is 11.1. The fraction of sp³-hybridized carbons (Fsp3) is 0.308. The van der Waals surface area contributed by atoms with E-state index < -0.39 is 11.9 Å². The van der Waals surface area contributed by atoms with Crippen molar-refractivity contribution in [3.8, 4) is 17.1 Å². The van der Waals surface area contributed by atoms with Crippen molar-refractivity contribution >= 4 is 17.6 Å². The average molecular weight is 294 g/mol. The number of aliphatic carboxylic acids is 1. The summed E-state index contributed by atoms with van der Waals surface area (Å²) in [6.07, 6.45) is 1.13. The van der Waals surface area contributed by atoms with E-state index in [1.54, 1.807) is 10.6 Å². The van der Waals surface area contributed by atoms with E-state index in [4.69, 9.17) is 16.7 Å². The quantitative estimate of drug-likeness (QED) is 0.883. The molecule has 0 fully saturated rings.